The van der Waals surface area contributed by atoms with Gasteiger partial charge in [0.1, 0.15) is 5.82 Å². The minimum Gasteiger partial charge on any atom is -0.348 e. The smallest absolute Gasteiger partial charge is 0.321 e. The van der Waals surface area contributed by atoms with Crippen LogP contribution in [0.3, 0.4) is 0 Å². The van der Waals surface area contributed by atoms with Crippen LogP contribution in [0.25, 0.3) is 0 Å². The Morgan fingerprint density at radius 1 is 1.19 bits per heavy atom. The second-order valence-corrected chi connectivity index (χ2v) is 4.76. The molecule has 2 amide bonds. The van der Waals surface area contributed by atoms with Gasteiger partial charge in [-0.05, 0) is 30.3 Å². The van der Waals surface area contributed by atoms with Crippen molar-refractivity contribution in [1.82, 2.24) is 14.9 Å². The van der Waals surface area contributed by atoms with Crippen LogP contribution in [0.5, 0.6) is 0 Å². The molecule has 21 heavy (non-hydrogen) atoms. The molecule has 1 aromatic heterocycles. The molecular weight excluding hydrogens is 273 g/mol. The summed E-state index contributed by atoms with van der Waals surface area (Å²) >= 11 is 0. The molecule has 1 aliphatic rings. The number of carbonyl (C=O) groups is 1. The van der Waals surface area contributed by atoms with Gasteiger partial charge >= 0.3 is 6.03 Å². The van der Waals surface area contributed by atoms with Crippen LogP contribution in [0.15, 0.2) is 42.7 Å². The van der Waals surface area contributed by atoms with E-state index >= 15 is 0 Å². The lowest BCUT2D eigenvalue weighted by atomic mass is 10.1. The van der Waals surface area contributed by atoms with Crippen LogP contribution in [0.4, 0.5) is 20.8 Å². The van der Waals surface area contributed by atoms with E-state index in [4.69, 9.17) is 0 Å². The van der Waals surface area contributed by atoms with Crippen molar-refractivity contribution in [3.8, 4) is 0 Å². The number of hydrogen-bond donors (Lipinski definition) is 2. The fourth-order valence-electron chi connectivity index (χ4n) is 2.03. The van der Waals surface area contributed by atoms with Gasteiger partial charge in [0.15, 0.2) is 0 Å². The molecule has 0 saturated carbocycles. The molecule has 1 aromatic carbocycles. The molecule has 0 radical (unpaired) electrons. The highest BCUT2D eigenvalue weighted by atomic mass is 19.1. The number of aromatic nitrogens is 2. The summed E-state index contributed by atoms with van der Waals surface area (Å²) in [7, 11) is 0. The third-order valence-electron chi connectivity index (χ3n) is 3.16. The Morgan fingerprint density at radius 3 is 2.52 bits per heavy atom. The molecule has 1 aliphatic heterocycles. The fourth-order valence-corrected chi connectivity index (χ4v) is 2.03. The summed E-state index contributed by atoms with van der Waals surface area (Å²) in [5.74, 6) is 0.227. The number of rotatable bonds is 3. The van der Waals surface area contributed by atoms with Gasteiger partial charge in [-0.15, -0.1) is 0 Å². The van der Waals surface area contributed by atoms with Gasteiger partial charge in [-0.25, -0.2) is 19.2 Å². The molecule has 3 rings (SSSR count). The Balaban J connectivity index is 1.47. The summed E-state index contributed by atoms with van der Waals surface area (Å²) in [5.41, 5.74) is 0.573. The first-order valence-electron chi connectivity index (χ1n) is 6.56. The van der Waals surface area contributed by atoms with Crippen LogP contribution in [0.2, 0.25) is 0 Å². The molecule has 6 nitrogen and oxygen atoms in total. The van der Waals surface area contributed by atoms with E-state index in [0.717, 1.165) is 0 Å². The number of benzene rings is 1. The van der Waals surface area contributed by atoms with Gasteiger partial charge in [-0.2, -0.15) is 0 Å². The number of urea groups is 1. The zero-order chi connectivity index (χ0) is 14.7. The van der Waals surface area contributed by atoms with E-state index in [1.165, 1.54) is 24.3 Å². The maximum absolute atomic E-state index is 12.8. The Bertz CT molecular complexity index is 613. The highest BCUT2D eigenvalue weighted by Crippen LogP contribution is 2.15. The number of nitrogens with zero attached hydrogens (tertiary/aromatic N) is 3. The number of amides is 2. The van der Waals surface area contributed by atoms with Crippen molar-refractivity contribution in [3.63, 3.8) is 0 Å². The molecule has 2 N–H and O–H groups in total. The molecule has 1 fully saturated rings. The molecule has 2 heterocycles. The number of nitrogens with one attached hydrogen (secondary N) is 2. The largest absolute Gasteiger partial charge is 0.348 e. The standard InChI is InChI=1S/C14H14FN5O/c15-10-2-4-11(5-3-10)19-14(21)20-8-12(9-20)18-13-16-6-1-7-17-13/h1-7,12H,8-9H2,(H,19,21)(H,16,17,18). The fraction of sp³-hybridized carbons (Fsp3) is 0.214. The van der Waals surface area contributed by atoms with Crippen LogP contribution in [-0.4, -0.2) is 40.0 Å². The minimum absolute atomic E-state index is 0.145. The molecule has 0 bridgehead atoms. The SMILES string of the molecule is O=C(Nc1ccc(F)cc1)N1CC(Nc2ncccn2)C1. The third kappa shape index (κ3) is 3.25. The van der Waals surface area contributed by atoms with E-state index in [0.29, 0.717) is 24.7 Å². The Labute approximate surface area is 121 Å². The first-order valence-corrected chi connectivity index (χ1v) is 6.56. The average molecular weight is 287 g/mol. The highest BCUT2D eigenvalue weighted by molar-refractivity contribution is 5.90. The molecule has 7 heteroatoms. The monoisotopic (exact) mass is 287 g/mol. The number of halogens is 1. The number of likely N-dealkylation sites (tertiary alicyclic amines) is 1. The predicted molar refractivity (Wildman–Crippen MR) is 76.4 cm³/mol. The van der Waals surface area contributed by atoms with Crippen molar-refractivity contribution in [2.75, 3.05) is 23.7 Å². The minimum atomic E-state index is -0.330. The third-order valence-corrected chi connectivity index (χ3v) is 3.16. The zero-order valence-electron chi connectivity index (χ0n) is 11.2. The topological polar surface area (TPSA) is 70.2 Å². The first-order chi connectivity index (χ1) is 10.2. The molecule has 108 valence electrons. The molecular formula is C14H14FN5O. The first kappa shape index (κ1) is 13.3. The summed E-state index contributed by atoms with van der Waals surface area (Å²) in [5, 5.41) is 5.86. The summed E-state index contributed by atoms with van der Waals surface area (Å²) in [6, 6.07) is 7.36. The normalized spacial score (nSPS) is 14.4. The lowest BCUT2D eigenvalue weighted by Gasteiger charge is -2.39. The van der Waals surface area contributed by atoms with Crippen LogP contribution in [0, 0.1) is 5.82 Å². The van der Waals surface area contributed by atoms with Crippen molar-refractivity contribution in [2.45, 2.75) is 6.04 Å². The second kappa shape index (κ2) is 5.74. The zero-order valence-corrected chi connectivity index (χ0v) is 11.2. The summed E-state index contributed by atoms with van der Waals surface area (Å²) in [4.78, 5) is 21.7. The van der Waals surface area contributed by atoms with Crippen molar-refractivity contribution >= 4 is 17.7 Å². The molecule has 0 aliphatic carbocycles. The number of hydrogen-bond acceptors (Lipinski definition) is 4. The maximum Gasteiger partial charge on any atom is 0.321 e. The van der Waals surface area contributed by atoms with E-state index in [1.54, 1.807) is 23.4 Å². The van der Waals surface area contributed by atoms with E-state index in [1.807, 2.05) is 0 Å². The molecule has 0 spiro atoms. The van der Waals surface area contributed by atoms with Crippen molar-refractivity contribution in [3.05, 3.63) is 48.5 Å². The quantitative estimate of drug-likeness (QED) is 0.905. The van der Waals surface area contributed by atoms with E-state index in [9.17, 15) is 9.18 Å². The molecule has 0 atom stereocenters. The van der Waals surface area contributed by atoms with Gasteiger partial charge in [0.2, 0.25) is 5.95 Å². The van der Waals surface area contributed by atoms with Gasteiger partial charge in [0.05, 0.1) is 6.04 Å². The Hall–Kier alpha value is -2.70. The van der Waals surface area contributed by atoms with Crippen LogP contribution >= 0.6 is 0 Å². The lowest BCUT2D eigenvalue weighted by Crippen LogP contribution is -2.58. The number of carbonyl (C=O) groups excluding carboxylic acids is 1. The van der Waals surface area contributed by atoms with Crippen molar-refractivity contribution in [2.24, 2.45) is 0 Å². The predicted octanol–water partition coefficient (Wildman–Crippen LogP) is 1.94. The summed E-state index contributed by atoms with van der Waals surface area (Å²) in [6.07, 6.45) is 3.32. The summed E-state index contributed by atoms with van der Waals surface area (Å²) in [6.45, 7) is 1.15. The van der Waals surface area contributed by atoms with Crippen LogP contribution in [-0.2, 0) is 0 Å². The van der Waals surface area contributed by atoms with Gasteiger partial charge < -0.3 is 15.5 Å². The number of anilines is 2. The van der Waals surface area contributed by atoms with Crippen LogP contribution in [0.1, 0.15) is 0 Å². The highest BCUT2D eigenvalue weighted by Gasteiger charge is 2.31. The van der Waals surface area contributed by atoms with E-state index in [2.05, 4.69) is 20.6 Å². The van der Waals surface area contributed by atoms with Gasteiger partial charge in [-0.3, -0.25) is 0 Å². The van der Waals surface area contributed by atoms with Gasteiger partial charge in [0.25, 0.3) is 0 Å². The van der Waals surface area contributed by atoms with Crippen LogP contribution < -0.4 is 10.6 Å². The molecule has 2 aromatic rings. The van der Waals surface area contributed by atoms with Gasteiger partial charge in [-0.1, -0.05) is 0 Å². The maximum atomic E-state index is 12.8. The Kier molecular flexibility index (Phi) is 3.63. The molecule has 0 unspecified atom stereocenters. The lowest BCUT2D eigenvalue weighted by molar-refractivity contribution is 0.171. The van der Waals surface area contributed by atoms with Crippen molar-refractivity contribution < 1.29 is 9.18 Å². The second-order valence-electron chi connectivity index (χ2n) is 4.76. The Morgan fingerprint density at radius 2 is 1.86 bits per heavy atom. The van der Waals surface area contributed by atoms with E-state index in [-0.39, 0.29) is 17.9 Å². The van der Waals surface area contributed by atoms with E-state index < -0.39 is 0 Å². The average Bonchev–Trinajstić information content (AvgIpc) is 2.46. The van der Waals surface area contributed by atoms with Gasteiger partial charge in [0, 0.05) is 31.2 Å². The molecule has 1 saturated heterocycles. The summed E-state index contributed by atoms with van der Waals surface area (Å²) < 4.78 is 12.8. The van der Waals surface area contributed by atoms with Crippen molar-refractivity contribution in [1.29, 1.82) is 0 Å².